The predicted octanol–water partition coefficient (Wildman–Crippen LogP) is 5.95. The third-order valence-electron chi connectivity index (χ3n) is 10.1. The van der Waals surface area contributed by atoms with Gasteiger partial charge in [-0.05, 0) is 35.1 Å². The van der Waals surface area contributed by atoms with Crippen molar-refractivity contribution >= 4 is 17.9 Å². The number of amides is 3. The predicted molar refractivity (Wildman–Crippen MR) is 187 cm³/mol. The van der Waals surface area contributed by atoms with E-state index in [4.69, 9.17) is 14.2 Å². The second-order valence-corrected chi connectivity index (χ2v) is 13.5. The zero-order valence-electron chi connectivity index (χ0n) is 28.6. The van der Waals surface area contributed by atoms with E-state index in [-0.39, 0.29) is 50.2 Å². The zero-order chi connectivity index (χ0) is 35.0. The van der Waals surface area contributed by atoms with Gasteiger partial charge in [-0.3, -0.25) is 19.4 Å². The minimum absolute atomic E-state index is 0.0208. The number of nitrogens with zero attached hydrogens (tertiary/aromatic N) is 2. The fourth-order valence-electron chi connectivity index (χ4n) is 7.20. The number of ether oxygens (including phenoxy) is 3. The maximum atomic E-state index is 13.1. The zero-order valence-corrected chi connectivity index (χ0v) is 28.6. The van der Waals surface area contributed by atoms with Crippen LogP contribution in [0.4, 0.5) is 4.79 Å². The summed E-state index contributed by atoms with van der Waals surface area (Å²) in [4.78, 5) is 42.0. The van der Waals surface area contributed by atoms with Crippen LogP contribution in [0.5, 0.6) is 0 Å². The molecule has 5 unspecified atom stereocenters. The summed E-state index contributed by atoms with van der Waals surface area (Å²) in [5.74, 6) is -0.763. The van der Waals surface area contributed by atoms with Crippen LogP contribution in [0.2, 0.25) is 0 Å². The van der Waals surface area contributed by atoms with Gasteiger partial charge in [0.1, 0.15) is 12.6 Å². The van der Waals surface area contributed by atoms with Gasteiger partial charge in [-0.1, -0.05) is 105 Å². The molecule has 10 heteroatoms. The molecule has 2 N–H and O–H groups in total. The van der Waals surface area contributed by atoms with Gasteiger partial charge in [0.2, 0.25) is 5.91 Å². The Labute approximate surface area is 294 Å². The Bertz CT molecular complexity index is 1610. The van der Waals surface area contributed by atoms with E-state index in [1.54, 1.807) is 0 Å². The molecule has 1 saturated carbocycles. The Hall–Kier alpha value is -4.35. The van der Waals surface area contributed by atoms with Gasteiger partial charge in [-0.15, -0.1) is 6.58 Å². The van der Waals surface area contributed by atoms with Crippen LogP contribution in [-0.2, 0) is 43.6 Å². The average molecular weight is 682 g/mol. The molecule has 3 fully saturated rings. The highest BCUT2D eigenvalue weighted by Gasteiger charge is 2.41. The normalized spacial score (nSPS) is 24.1. The van der Waals surface area contributed by atoms with Crippen LogP contribution in [0.15, 0.2) is 91.5 Å². The standard InChI is InChI=1S/C40H47N3O7/c1-3-21-42(33-11-7-8-12-33)24-35-27(2)37(31-17-15-29(25-44)16-18-31)50-39(49-35)32-19-13-28(14-20-32)23-43-36(45)22-34(38(43)46)41-40(47)48-26-30-9-5-4-6-10-30/h3-6,9-10,13-20,27,33-35,37,39,44H,1,7-8,11-12,21-26H2,2H3,(H,41,47). The first-order valence-corrected chi connectivity index (χ1v) is 17.6. The van der Waals surface area contributed by atoms with Crippen LogP contribution < -0.4 is 5.32 Å². The smallest absolute Gasteiger partial charge is 0.408 e. The molecule has 0 aromatic heterocycles. The Balaban J connectivity index is 1.12. The number of imide groups is 1. The van der Waals surface area contributed by atoms with Crippen LogP contribution in [0.25, 0.3) is 0 Å². The molecule has 50 heavy (non-hydrogen) atoms. The number of likely N-dealkylation sites (tertiary alicyclic amines) is 1. The molecule has 264 valence electrons. The summed E-state index contributed by atoms with van der Waals surface area (Å²) in [6, 6.07) is 24.2. The SMILES string of the molecule is C=CCN(CC1OC(c2ccc(CN3C(=O)CC(NC(=O)OCc4ccccc4)C3=O)cc2)OC(c2ccc(CO)cc2)C1C)C1CCCC1. The molecule has 3 aliphatic rings. The maximum Gasteiger partial charge on any atom is 0.408 e. The number of carbonyl (C=O) groups is 3. The van der Waals surface area contributed by atoms with Crippen molar-refractivity contribution in [3.05, 3.63) is 119 Å². The number of aliphatic hydroxyl groups is 1. The van der Waals surface area contributed by atoms with Gasteiger partial charge < -0.3 is 24.6 Å². The fourth-order valence-corrected chi connectivity index (χ4v) is 7.20. The highest BCUT2D eigenvalue weighted by molar-refractivity contribution is 6.06. The Morgan fingerprint density at radius 2 is 1.64 bits per heavy atom. The van der Waals surface area contributed by atoms with Crippen molar-refractivity contribution in [2.45, 2.75) is 89.4 Å². The summed E-state index contributed by atoms with van der Waals surface area (Å²) >= 11 is 0. The van der Waals surface area contributed by atoms with E-state index in [2.05, 4.69) is 23.7 Å². The molecule has 0 bridgehead atoms. The van der Waals surface area contributed by atoms with Crippen molar-refractivity contribution < 1.29 is 33.7 Å². The van der Waals surface area contributed by atoms with E-state index >= 15 is 0 Å². The third-order valence-corrected chi connectivity index (χ3v) is 10.1. The van der Waals surface area contributed by atoms with Crippen molar-refractivity contribution in [2.24, 2.45) is 5.92 Å². The summed E-state index contributed by atoms with van der Waals surface area (Å²) in [6.45, 7) is 7.87. The van der Waals surface area contributed by atoms with E-state index in [0.29, 0.717) is 6.04 Å². The molecule has 3 aromatic rings. The van der Waals surface area contributed by atoms with Crippen LogP contribution >= 0.6 is 0 Å². The Morgan fingerprint density at radius 1 is 0.960 bits per heavy atom. The third kappa shape index (κ3) is 8.50. The fraction of sp³-hybridized carbons (Fsp3) is 0.425. The first-order valence-electron chi connectivity index (χ1n) is 17.6. The first kappa shape index (κ1) is 35.5. The highest BCUT2D eigenvalue weighted by Crippen LogP contribution is 2.42. The molecule has 3 aromatic carbocycles. The Kier molecular flexibility index (Phi) is 11.8. The molecule has 2 heterocycles. The molecule has 2 aliphatic heterocycles. The van der Waals surface area contributed by atoms with Crippen LogP contribution in [0.1, 0.15) is 79.2 Å². The molecule has 10 nitrogen and oxygen atoms in total. The summed E-state index contributed by atoms with van der Waals surface area (Å²) in [6.07, 6.45) is 4.97. The van der Waals surface area contributed by atoms with Crippen molar-refractivity contribution in [3.63, 3.8) is 0 Å². The van der Waals surface area contributed by atoms with Gasteiger partial charge in [-0.25, -0.2) is 4.79 Å². The van der Waals surface area contributed by atoms with Gasteiger partial charge in [0.15, 0.2) is 6.29 Å². The van der Waals surface area contributed by atoms with E-state index in [0.717, 1.165) is 40.9 Å². The number of aliphatic hydroxyl groups excluding tert-OH is 1. The number of nitrogens with one attached hydrogen (secondary N) is 1. The van der Waals surface area contributed by atoms with Crippen molar-refractivity contribution in [3.8, 4) is 0 Å². The number of alkyl carbamates (subject to hydrolysis) is 1. The van der Waals surface area contributed by atoms with Crippen LogP contribution in [0.3, 0.4) is 0 Å². The summed E-state index contributed by atoms with van der Waals surface area (Å²) in [5, 5.41) is 12.1. The largest absolute Gasteiger partial charge is 0.445 e. The van der Waals surface area contributed by atoms with Crippen LogP contribution in [-0.4, -0.2) is 64.1 Å². The van der Waals surface area contributed by atoms with Gasteiger partial charge in [0.05, 0.1) is 31.8 Å². The number of hydrogen-bond donors (Lipinski definition) is 2. The topological polar surface area (TPSA) is 118 Å². The second kappa shape index (κ2) is 16.6. The quantitative estimate of drug-likeness (QED) is 0.168. The van der Waals surface area contributed by atoms with Crippen molar-refractivity contribution in [1.29, 1.82) is 0 Å². The summed E-state index contributed by atoms with van der Waals surface area (Å²) in [5.41, 5.74) is 4.28. The number of benzene rings is 3. The summed E-state index contributed by atoms with van der Waals surface area (Å²) < 4.78 is 18.6. The lowest BCUT2D eigenvalue weighted by Crippen LogP contribution is -2.47. The minimum atomic E-state index is -0.971. The number of rotatable bonds is 13. The van der Waals surface area contributed by atoms with E-state index in [1.165, 1.54) is 30.6 Å². The molecule has 3 amide bonds. The van der Waals surface area contributed by atoms with E-state index in [1.807, 2.05) is 84.9 Å². The molecule has 6 rings (SSSR count). The maximum absolute atomic E-state index is 13.1. The molecule has 2 saturated heterocycles. The van der Waals surface area contributed by atoms with Crippen molar-refractivity contribution in [2.75, 3.05) is 13.1 Å². The van der Waals surface area contributed by atoms with E-state index in [9.17, 15) is 19.5 Å². The molecule has 0 spiro atoms. The second-order valence-electron chi connectivity index (χ2n) is 13.5. The van der Waals surface area contributed by atoms with Crippen molar-refractivity contribution in [1.82, 2.24) is 15.1 Å². The Morgan fingerprint density at radius 3 is 2.32 bits per heavy atom. The molecular weight excluding hydrogens is 634 g/mol. The first-order chi connectivity index (χ1) is 24.3. The van der Waals surface area contributed by atoms with Gasteiger partial charge in [0.25, 0.3) is 5.91 Å². The molecule has 1 aliphatic carbocycles. The van der Waals surface area contributed by atoms with Gasteiger partial charge >= 0.3 is 6.09 Å². The molecule has 5 atom stereocenters. The van der Waals surface area contributed by atoms with Crippen LogP contribution in [0, 0.1) is 5.92 Å². The minimum Gasteiger partial charge on any atom is -0.445 e. The molecule has 0 radical (unpaired) electrons. The number of hydrogen-bond acceptors (Lipinski definition) is 8. The lowest BCUT2D eigenvalue weighted by atomic mass is 9.89. The van der Waals surface area contributed by atoms with Gasteiger partial charge in [0, 0.05) is 30.6 Å². The number of carbonyl (C=O) groups excluding carboxylic acids is 3. The van der Waals surface area contributed by atoms with Gasteiger partial charge in [-0.2, -0.15) is 0 Å². The summed E-state index contributed by atoms with van der Waals surface area (Å²) in [7, 11) is 0. The highest BCUT2D eigenvalue weighted by atomic mass is 16.7. The molecular formula is C40H47N3O7. The monoisotopic (exact) mass is 681 g/mol. The lowest BCUT2D eigenvalue weighted by Gasteiger charge is -2.43. The average Bonchev–Trinajstić information content (AvgIpc) is 3.77. The van der Waals surface area contributed by atoms with E-state index < -0.39 is 24.3 Å². The lowest BCUT2D eigenvalue weighted by molar-refractivity contribution is -0.276.